The van der Waals surface area contributed by atoms with E-state index in [0.29, 0.717) is 6.54 Å². The van der Waals surface area contributed by atoms with Crippen LogP contribution in [-0.2, 0) is 20.5 Å². The van der Waals surface area contributed by atoms with Crippen molar-refractivity contribution in [3.8, 4) is 0 Å². The van der Waals surface area contributed by atoms with Crippen molar-refractivity contribution >= 4 is 11.8 Å². The Morgan fingerprint density at radius 2 is 2.18 bits per heavy atom. The maximum absolute atomic E-state index is 5.63. The van der Waals surface area contributed by atoms with Gasteiger partial charge >= 0.3 is 0 Å². The van der Waals surface area contributed by atoms with Crippen molar-refractivity contribution in [2.24, 2.45) is 19.8 Å². The second-order valence-corrected chi connectivity index (χ2v) is 4.81. The summed E-state index contributed by atoms with van der Waals surface area (Å²) in [4.78, 5) is 0. The molecule has 2 rings (SSSR count). The van der Waals surface area contributed by atoms with Crippen molar-refractivity contribution in [2.75, 3.05) is 6.54 Å². The Morgan fingerprint density at radius 1 is 1.41 bits per heavy atom. The predicted octanol–water partition coefficient (Wildman–Crippen LogP) is 0.509. The van der Waals surface area contributed by atoms with Crippen molar-refractivity contribution in [1.82, 2.24) is 24.5 Å². The third-order valence-electron chi connectivity index (χ3n) is 2.54. The maximum atomic E-state index is 5.63. The molecule has 0 unspecified atom stereocenters. The molecule has 6 nitrogen and oxygen atoms in total. The first-order valence-electron chi connectivity index (χ1n) is 5.38. The fourth-order valence-corrected chi connectivity index (χ4v) is 2.69. The van der Waals surface area contributed by atoms with Crippen LogP contribution in [0.4, 0.5) is 0 Å². The molecule has 0 spiro atoms. The fraction of sp³-hybridized carbons (Fsp3) is 0.500. The lowest BCUT2D eigenvalue weighted by molar-refractivity contribution is 0.684. The van der Waals surface area contributed by atoms with Crippen LogP contribution < -0.4 is 5.73 Å². The Balaban J connectivity index is 2.35. The molecule has 2 heterocycles. The number of nitrogens with two attached hydrogens (primary N) is 1. The highest BCUT2D eigenvalue weighted by Crippen LogP contribution is 2.30. The van der Waals surface area contributed by atoms with Gasteiger partial charge in [0.05, 0.1) is 5.69 Å². The molecular weight excluding hydrogens is 236 g/mol. The van der Waals surface area contributed by atoms with Crippen LogP contribution in [0.2, 0.25) is 0 Å². The van der Waals surface area contributed by atoms with Gasteiger partial charge in [0.25, 0.3) is 0 Å². The second kappa shape index (κ2) is 4.89. The standard InChI is InChI=1S/C10H16N6S/c1-7-8(4-5-11)9(16(3)14-7)17-10-13-12-6-15(10)2/h6H,4-5,11H2,1-3H3. The molecule has 0 atom stereocenters. The molecule has 0 saturated carbocycles. The Labute approximate surface area is 104 Å². The van der Waals surface area contributed by atoms with Crippen LogP contribution in [0.25, 0.3) is 0 Å². The number of rotatable bonds is 4. The van der Waals surface area contributed by atoms with E-state index in [-0.39, 0.29) is 0 Å². The zero-order valence-electron chi connectivity index (χ0n) is 10.2. The van der Waals surface area contributed by atoms with Gasteiger partial charge in [-0.3, -0.25) is 4.68 Å². The minimum Gasteiger partial charge on any atom is -0.330 e. The van der Waals surface area contributed by atoms with E-state index in [1.807, 2.05) is 30.3 Å². The first-order valence-corrected chi connectivity index (χ1v) is 6.19. The molecule has 0 aromatic carbocycles. The lowest BCUT2D eigenvalue weighted by Crippen LogP contribution is -2.04. The quantitative estimate of drug-likeness (QED) is 0.858. The molecular formula is C10H16N6S. The highest BCUT2D eigenvalue weighted by atomic mass is 32.2. The van der Waals surface area contributed by atoms with E-state index < -0.39 is 0 Å². The fourth-order valence-electron chi connectivity index (χ4n) is 1.69. The van der Waals surface area contributed by atoms with E-state index in [9.17, 15) is 0 Å². The normalized spacial score (nSPS) is 11.1. The van der Waals surface area contributed by atoms with Crippen LogP contribution in [0.3, 0.4) is 0 Å². The second-order valence-electron chi connectivity index (χ2n) is 3.86. The highest BCUT2D eigenvalue weighted by Gasteiger charge is 2.15. The summed E-state index contributed by atoms with van der Waals surface area (Å²) in [5, 5.41) is 14.3. The summed E-state index contributed by atoms with van der Waals surface area (Å²) in [6.45, 7) is 2.63. The minimum atomic E-state index is 0.624. The van der Waals surface area contributed by atoms with Crippen LogP contribution in [0.5, 0.6) is 0 Å². The summed E-state index contributed by atoms with van der Waals surface area (Å²) in [7, 11) is 3.86. The minimum absolute atomic E-state index is 0.624. The van der Waals surface area contributed by atoms with Crippen LogP contribution in [0.1, 0.15) is 11.3 Å². The van der Waals surface area contributed by atoms with Gasteiger partial charge in [0.15, 0.2) is 5.16 Å². The molecule has 0 aliphatic carbocycles. The van der Waals surface area contributed by atoms with Gasteiger partial charge in [0.2, 0.25) is 0 Å². The van der Waals surface area contributed by atoms with Crippen molar-refractivity contribution in [3.63, 3.8) is 0 Å². The SMILES string of the molecule is Cc1nn(C)c(Sc2nncn2C)c1CCN. The van der Waals surface area contributed by atoms with E-state index in [1.165, 1.54) is 5.56 Å². The smallest absolute Gasteiger partial charge is 0.197 e. The molecule has 92 valence electrons. The largest absolute Gasteiger partial charge is 0.330 e. The summed E-state index contributed by atoms with van der Waals surface area (Å²) in [5.41, 5.74) is 7.86. The van der Waals surface area contributed by atoms with Gasteiger partial charge in [0, 0.05) is 19.7 Å². The molecule has 0 aliphatic rings. The Bertz CT molecular complexity index is 515. The molecule has 2 aromatic rings. The molecule has 0 saturated heterocycles. The van der Waals surface area contributed by atoms with E-state index in [0.717, 1.165) is 22.3 Å². The van der Waals surface area contributed by atoms with Crippen molar-refractivity contribution < 1.29 is 0 Å². The van der Waals surface area contributed by atoms with Crippen molar-refractivity contribution in [2.45, 2.75) is 23.5 Å². The maximum Gasteiger partial charge on any atom is 0.197 e. The van der Waals surface area contributed by atoms with Gasteiger partial charge in [-0.15, -0.1) is 10.2 Å². The summed E-state index contributed by atoms with van der Waals surface area (Å²) >= 11 is 1.57. The molecule has 0 amide bonds. The number of hydrogen-bond acceptors (Lipinski definition) is 5. The molecule has 0 bridgehead atoms. The summed E-state index contributed by atoms with van der Waals surface area (Å²) in [6.07, 6.45) is 2.52. The lowest BCUT2D eigenvalue weighted by Gasteiger charge is -2.04. The summed E-state index contributed by atoms with van der Waals surface area (Å²) in [6, 6.07) is 0. The first kappa shape index (κ1) is 12.1. The van der Waals surface area contributed by atoms with Crippen LogP contribution in [-0.4, -0.2) is 31.1 Å². The van der Waals surface area contributed by atoms with E-state index in [4.69, 9.17) is 5.73 Å². The molecule has 17 heavy (non-hydrogen) atoms. The highest BCUT2D eigenvalue weighted by molar-refractivity contribution is 7.99. The third kappa shape index (κ3) is 2.34. The van der Waals surface area contributed by atoms with E-state index >= 15 is 0 Å². The number of aryl methyl sites for hydroxylation is 3. The summed E-state index contributed by atoms with van der Waals surface area (Å²) < 4.78 is 3.76. The van der Waals surface area contributed by atoms with E-state index in [2.05, 4.69) is 15.3 Å². The van der Waals surface area contributed by atoms with Gasteiger partial charge in [-0.2, -0.15) is 5.10 Å². The van der Waals surface area contributed by atoms with Gasteiger partial charge in [-0.05, 0) is 31.7 Å². The topological polar surface area (TPSA) is 74.5 Å². The van der Waals surface area contributed by atoms with Gasteiger partial charge in [-0.1, -0.05) is 0 Å². The number of hydrogen-bond donors (Lipinski definition) is 1. The molecule has 2 N–H and O–H groups in total. The number of nitrogens with zero attached hydrogens (tertiary/aromatic N) is 5. The average Bonchev–Trinajstić information content (AvgIpc) is 2.78. The van der Waals surface area contributed by atoms with Crippen LogP contribution >= 0.6 is 11.8 Å². The zero-order chi connectivity index (χ0) is 12.4. The van der Waals surface area contributed by atoms with Gasteiger partial charge in [-0.25, -0.2) is 0 Å². The Kier molecular flexibility index (Phi) is 3.49. The predicted molar refractivity (Wildman–Crippen MR) is 65.8 cm³/mol. The zero-order valence-corrected chi connectivity index (χ0v) is 11.0. The summed E-state index contributed by atoms with van der Waals surface area (Å²) in [5.74, 6) is 0. The van der Waals surface area contributed by atoms with Crippen molar-refractivity contribution in [3.05, 3.63) is 17.6 Å². The third-order valence-corrected chi connectivity index (χ3v) is 3.80. The average molecular weight is 252 g/mol. The number of aromatic nitrogens is 5. The Morgan fingerprint density at radius 3 is 2.76 bits per heavy atom. The molecule has 0 aliphatic heterocycles. The molecule has 2 aromatic heterocycles. The first-order chi connectivity index (χ1) is 8.13. The van der Waals surface area contributed by atoms with Crippen LogP contribution in [0, 0.1) is 6.92 Å². The van der Waals surface area contributed by atoms with Gasteiger partial charge in [0.1, 0.15) is 11.4 Å². The monoisotopic (exact) mass is 252 g/mol. The van der Waals surface area contributed by atoms with Crippen molar-refractivity contribution in [1.29, 1.82) is 0 Å². The lowest BCUT2D eigenvalue weighted by atomic mass is 10.2. The van der Waals surface area contributed by atoms with Crippen LogP contribution in [0.15, 0.2) is 16.5 Å². The van der Waals surface area contributed by atoms with Gasteiger partial charge < -0.3 is 10.3 Å². The Hall–Kier alpha value is -1.34. The molecule has 0 fully saturated rings. The van der Waals surface area contributed by atoms with E-state index in [1.54, 1.807) is 18.1 Å². The molecule has 7 heteroatoms. The molecule has 0 radical (unpaired) electrons.